The Balaban J connectivity index is 1.54. The first kappa shape index (κ1) is 21.6. The van der Waals surface area contributed by atoms with E-state index in [1.165, 1.54) is 4.90 Å². The minimum atomic E-state index is -0.299. The number of nitrogens with one attached hydrogen (secondary N) is 1. The van der Waals surface area contributed by atoms with Gasteiger partial charge < -0.3 is 15.0 Å². The summed E-state index contributed by atoms with van der Waals surface area (Å²) in [6.45, 7) is 2.36. The smallest absolute Gasteiger partial charge is 0.244 e. The van der Waals surface area contributed by atoms with Gasteiger partial charge in [0.15, 0.2) is 0 Å². The van der Waals surface area contributed by atoms with Crippen molar-refractivity contribution in [2.45, 2.75) is 13.3 Å². The molecule has 0 radical (unpaired) electrons. The van der Waals surface area contributed by atoms with Crippen molar-refractivity contribution < 1.29 is 14.3 Å². The van der Waals surface area contributed by atoms with E-state index in [4.69, 9.17) is 21.3 Å². The molecule has 162 valence electrons. The van der Waals surface area contributed by atoms with Crippen molar-refractivity contribution in [3.8, 4) is 5.75 Å². The van der Waals surface area contributed by atoms with Crippen LogP contribution in [0.1, 0.15) is 18.9 Å². The second-order valence-electron chi connectivity index (χ2n) is 7.22. The molecule has 3 aromatic rings. The number of carbonyl (C=O) groups excluding carboxylic acids is 2. The number of rotatable bonds is 6. The minimum Gasteiger partial charge on any atom is -0.494 e. The Hall–Kier alpha value is -3.64. The molecule has 1 aliphatic rings. The molecule has 1 aliphatic heterocycles. The van der Waals surface area contributed by atoms with Crippen molar-refractivity contribution in [3.05, 3.63) is 83.4 Å². The summed E-state index contributed by atoms with van der Waals surface area (Å²) in [7, 11) is 0. The fourth-order valence-electron chi connectivity index (χ4n) is 3.47. The van der Waals surface area contributed by atoms with Crippen LogP contribution in [0.25, 0.3) is 0 Å². The van der Waals surface area contributed by atoms with E-state index >= 15 is 0 Å². The summed E-state index contributed by atoms with van der Waals surface area (Å²) in [5, 5.41) is 3.45. The highest BCUT2D eigenvalue weighted by Crippen LogP contribution is 2.33. The Bertz CT molecular complexity index is 1160. The Morgan fingerprint density at radius 2 is 1.78 bits per heavy atom. The van der Waals surface area contributed by atoms with Gasteiger partial charge in [-0.3, -0.25) is 14.6 Å². The molecule has 0 saturated carbocycles. The Labute approximate surface area is 191 Å². The third kappa shape index (κ3) is 4.98. The topological polar surface area (TPSA) is 71.0 Å². The first-order chi connectivity index (χ1) is 15.5. The van der Waals surface area contributed by atoms with Crippen LogP contribution in [0.4, 0.5) is 17.1 Å². The molecule has 0 fully saturated rings. The third-order valence-electron chi connectivity index (χ3n) is 4.98. The zero-order valence-electron chi connectivity index (χ0n) is 17.5. The lowest BCUT2D eigenvalue weighted by Gasteiger charge is -2.22. The SMILES string of the molecule is CCOc1ccc(NC(=O)CN2C(=O)CC(c3ccc(Cl)cc3)=Nc3ccccc32)cc1. The molecule has 6 nitrogen and oxygen atoms in total. The second kappa shape index (κ2) is 9.66. The Kier molecular flexibility index (Phi) is 6.52. The van der Waals surface area contributed by atoms with Crippen LogP contribution in [0, 0.1) is 0 Å². The average Bonchev–Trinajstić information content (AvgIpc) is 2.92. The maximum Gasteiger partial charge on any atom is 0.244 e. The van der Waals surface area contributed by atoms with Crippen LogP contribution < -0.4 is 15.0 Å². The molecule has 1 heterocycles. The quantitative estimate of drug-likeness (QED) is 0.562. The molecule has 0 bridgehead atoms. The van der Waals surface area contributed by atoms with E-state index < -0.39 is 0 Å². The summed E-state index contributed by atoms with van der Waals surface area (Å²) >= 11 is 6.00. The van der Waals surface area contributed by atoms with Crippen molar-refractivity contribution in [1.29, 1.82) is 0 Å². The van der Waals surface area contributed by atoms with Gasteiger partial charge >= 0.3 is 0 Å². The van der Waals surface area contributed by atoms with Gasteiger partial charge in [0.25, 0.3) is 0 Å². The van der Waals surface area contributed by atoms with Crippen molar-refractivity contribution in [1.82, 2.24) is 0 Å². The second-order valence-corrected chi connectivity index (χ2v) is 7.65. The molecule has 0 saturated heterocycles. The monoisotopic (exact) mass is 447 g/mol. The highest BCUT2D eigenvalue weighted by atomic mass is 35.5. The van der Waals surface area contributed by atoms with Crippen LogP contribution in [-0.4, -0.2) is 30.7 Å². The normalized spacial score (nSPS) is 13.1. The first-order valence-electron chi connectivity index (χ1n) is 10.3. The molecule has 0 spiro atoms. The van der Waals surface area contributed by atoms with Crippen molar-refractivity contribution in [3.63, 3.8) is 0 Å². The van der Waals surface area contributed by atoms with Gasteiger partial charge in [-0.15, -0.1) is 0 Å². The number of aliphatic imine (C=N–C) groups is 1. The summed E-state index contributed by atoms with van der Waals surface area (Å²) < 4.78 is 5.42. The van der Waals surface area contributed by atoms with E-state index in [1.807, 2.05) is 37.3 Å². The van der Waals surface area contributed by atoms with Crippen molar-refractivity contribution in [2.75, 3.05) is 23.4 Å². The first-order valence-corrected chi connectivity index (χ1v) is 10.7. The standard InChI is InChI=1S/C25H22ClN3O3/c1-2-32-20-13-11-19(12-14-20)27-24(30)16-29-23-6-4-3-5-21(23)28-22(15-25(29)31)17-7-9-18(26)10-8-17/h3-14H,2,15-16H2,1H3,(H,27,30). The lowest BCUT2D eigenvalue weighted by atomic mass is 10.1. The molecule has 0 aromatic heterocycles. The number of nitrogens with zero attached hydrogens (tertiary/aromatic N) is 2. The van der Waals surface area contributed by atoms with E-state index in [1.54, 1.807) is 42.5 Å². The summed E-state index contributed by atoms with van der Waals surface area (Å²) in [5.74, 6) is 0.228. The van der Waals surface area contributed by atoms with E-state index in [9.17, 15) is 9.59 Å². The number of amides is 2. The highest BCUT2D eigenvalue weighted by molar-refractivity contribution is 6.30. The molecule has 32 heavy (non-hydrogen) atoms. The number of hydrogen-bond donors (Lipinski definition) is 1. The molecular weight excluding hydrogens is 426 g/mol. The van der Waals surface area contributed by atoms with E-state index in [0.717, 1.165) is 11.3 Å². The van der Waals surface area contributed by atoms with Crippen LogP contribution in [0.5, 0.6) is 5.75 Å². The fourth-order valence-corrected chi connectivity index (χ4v) is 3.60. The molecule has 2 amide bonds. The molecule has 7 heteroatoms. The van der Waals surface area contributed by atoms with Crippen molar-refractivity contribution in [2.24, 2.45) is 4.99 Å². The molecule has 3 aromatic carbocycles. The van der Waals surface area contributed by atoms with E-state index in [0.29, 0.717) is 34.4 Å². The largest absolute Gasteiger partial charge is 0.494 e. The van der Waals surface area contributed by atoms with Gasteiger partial charge in [0, 0.05) is 10.7 Å². The number of ether oxygens (including phenoxy) is 1. The van der Waals surface area contributed by atoms with E-state index in [2.05, 4.69) is 5.32 Å². The number of hydrogen-bond acceptors (Lipinski definition) is 4. The number of para-hydroxylation sites is 2. The van der Waals surface area contributed by atoms with Gasteiger partial charge in [0.1, 0.15) is 12.3 Å². The van der Waals surface area contributed by atoms with Crippen molar-refractivity contribution >= 4 is 46.2 Å². The maximum atomic E-state index is 13.2. The van der Waals surface area contributed by atoms with Gasteiger partial charge in [0.05, 0.1) is 30.1 Å². The van der Waals surface area contributed by atoms with Crippen LogP contribution in [0.15, 0.2) is 77.8 Å². The summed E-state index contributed by atoms with van der Waals surface area (Å²) in [6, 6.07) is 21.6. The fraction of sp³-hybridized carbons (Fsp3) is 0.160. The number of benzene rings is 3. The highest BCUT2D eigenvalue weighted by Gasteiger charge is 2.26. The zero-order chi connectivity index (χ0) is 22.5. The predicted molar refractivity (Wildman–Crippen MR) is 127 cm³/mol. The summed E-state index contributed by atoms with van der Waals surface area (Å²) in [4.78, 5) is 32.1. The third-order valence-corrected chi connectivity index (χ3v) is 5.23. The average molecular weight is 448 g/mol. The van der Waals surface area contributed by atoms with Gasteiger partial charge in [-0.25, -0.2) is 0 Å². The predicted octanol–water partition coefficient (Wildman–Crippen LogP) is 5.23. The number of fused-ring (bicyclic) bond motifs is 1. The molecule has 0 unspecified atom stereocenters. The van der Waals surface area contributed by atoms with Gasteiger partial charge in [-0.2, -0.15) is 0 Å². The molecule has 0 atom stereocenters. The van der Waals surface area contributed by atoms with Crippen LogP contribution >= 0.6 is 11.6 Å². The summed E-state index contributed by atoms with van der Waals surface area (Å²) in [5.41, 5.74) is 3.32. The maximum absolute atomic E-state index is 13.2. The van der Waals surface area contributed by atoms with Crippen LogP contribution in [-0.2, 0) is 9.59 Å². The summed E-state index contributed by atoms with van der Waals surface area (Å²) in [6.07, 6.45) is 0.0760. The van der Waals surface area contributed by atoms with Crippen LogP contribution in [0.3, 0.4) is 0 Å². The van der Waals surface area contributed by atoms with Gasteiger partial charge in [-0.1, -0.05) is 35.9 Å². The Morgan fingerprint density at radius 3 is 2.50 bits per heavy atom. The van der Waals surface area contributed by atoms with E-state index in [-0.39, 0.29) is 24.8 Å². The van der Waals surface area contributed by atoms with Gasteiger partial charge in [0.2, 0.25) is 11.8 Å². The lowest BCUT2D eigenvalue weighted by molar-refractivity contribution is -0.120. The minimum absolute atomic E-state index is 0.0760. The number of anilines is 2. The molecular formula is C25H22ClN3O3. The van der Waals surface area contributed by atoms with Crippen LogP contribution in [0.2, 0.25) is 5.02 Å². The Morgan fingerprint density at radius 1 is 1.06 bits per heavy atom. The lowest BCUT2D eigenvalue weighted by Crippen LogP contribution is -2.38. The zero-order valence-corrected chi connectivity index (χ0v) is 18.3. The number of carbonyl (C=O) groups is 2. The molecule has 1 N–H and O–H groups in total. The molecule has 0 aliphatic carbocycles. The van der Waals surface area contributed by atoms with Gasteiger partial charge in [-0.05, 0) is 61.0 Å². The number of halogens is 1. The molecule has 4 rings (SSSR count).